The van der Waals surface area contributed by atoms with Gasteiger partial charge in [-0.25, -0.2) is 4.98 Å². The molecular formula is C26H19Cl2LiN2O5. The average molecular weight is 517 g/mol. The summed E-state index contributed by atoms with van der Waals surface area (Å²) in [6.45, 7) is 2.06. The van der Waals surface area contributed by atoms with Gasteiger partial charge in [-0.15, -0.1) is 0 Å². The summed E-state index contributed by atoms with van der Waals surface area (Å²) in [5, 5.41) is 14.8. The van der Waals surface area contributed by atoms with Crippen molar-refractivity contribution < 1.29 is 42.7 Å². The standard InChI is InChI=1S/C26H20Cl2N2O5.Li/c1-15-22(30-25(35-15)16-5-3-2-4-6-16)11-12-34-18-8-10-23(20(14-18)26(32)33)29-24(31)19-9-7-17(27)13-21(19)28;/h2-10,13-14H,11-12H2,1H3,(H,29,31)(H,32,33);/q;+1/p-1. The molecule has 0 saturated carbocycles. The molecule has 0 radical (unpaired) electrons. The van der Waals surface area contributed by atoms with Gasteiger partial charge in [-0.05, 0) is 55.5 Å². The Kier molecular flexibility index (Phi) is 9.24. The average Bonchev–Trinajstić information content (AvgIpc) is 3.20. The molecule has 1 heterocycles. The fourth-order valence-electron chi connectivity index (χ4n) is 3.38. The molecule has 1 N–H and O–H groups in total. The molecule has 0 atom stereocenters. The van der Waals surface area contributed by atoms with Crippen LogP contribution < -0.4 is 34.0 Å². The van der Waals surface area contributed by atoms with Gasteiger partial charge in [0.1, 0.15) is 11.5 Å². The molecule has 0 aliphatic heterocycles. The number of hydrogen-bond acceptors (Lipinski definition) is 6. The Balaban J connectivity index is 0.00000361. The number of carbonyl (C=O) groups is 2. The number of halogens is 2. The first-order valence-corrected chi connectivity index (χ1v) is 11.3. The molecule has 0 bridgehead atoms. The molecule has 7 nitrogen and oxygen atoms in total. The van der Waals surface area contributed by atoms with E-state index in [2.05, 4.69) is 10.3 Å². The molecule has 1 amide bonds. The van der Waals surface area contributed by atoms with Crippen LogP contribution in [-0.2, 0) is 6.42 Å². The van der Waals surface area contributed by atoms with Crippen molar-refractivity contribution in [1.29, 1.82) is 0 Å². The molecule has 36 heavy (non-hydrogen) atoms. The van der Waals surface area contributed by atoms with E-state index < -0.39 is 11.9 Å². The van der Waals surface area contributed by atoms with Crippen LogP contribution >= 0.6 is 23.2 Å². The number of nitrogens with zero attached hydrogens (tertiary/aromatic N) is 1. The number of aryl methyl sites for hydroxylation is 1. The minimum atomic E-state index is -1.46. The second-order valence-corrected chi connectivity index (χ2v) is 8.40. The van der Waals surface area contributed by atoms with Crippen LogP contribution in [0.15, 0.2) is 71.1 Å². The van der Waals surface area contributed by atoms with Crippen LogP contribution in [-0.4, -0.2) is 23.5 Å². The van der Waals surface area contributed by atoms with Crippen molar-refractivity contribution in [2.45, 2.75) is 13.3 Å². The summed E-state index contributed by atoms with van der Waals surface area (Å²) in [6, 6.07) is 18.2. The third-order valence-corrected chi connectivity index (χ3v) is 5.70. The van der Waals surface area contributed by atoms with Crippen molar-refractivity contribution >= 4 is 40.8 Å². The van der Waals surface area contributed by atoms with Crippen LogP contribution in [0.2, 0.25) is 10.0 Å². The van der Waals surface area contributed by atoms with Crippen LogP contribution in [0.4, 0.5) is 5.69 Å². The summed E-state index contributed by atoms with van der Waals surface area (Å²) in [6.07, 6.45) is 0.455. The van der Waals surface area contributed by atoms with Gasteiger partial charge in [0.15, 0.2) is 0 Å². The molecule has 0 aliphatic rings. The smallest absolute Gasteiger partial charge is 0.545 e. The third-order valence-electron chi connectivity index (χ3n) is 5.16. The fraction of sp³-hybridized carbons (Fsp3) is 0.115. The van der Waals surface area contributed by atoms with E-state index >= 15 is 0 Å². The van der Waals surface area contributed by atoms with E-state index in [0.29, 0.717) is 28.8 Å². The van der Waals surface area contributed by atoms with Crippen molar-refractivity contribution in [2.24, 2.45) is 0 Å². The number of carbonyl (C=O) groups excluding carboxylic acids is 2. The molecule has 0 fully saturated rings. The Morgan fingerprint density at radius 1 is 1.03 bits per heavy atom. The second kappa shape index (κ2) is 12.2. The summed E-state index contributed by atoms with van der Waals surface area (Å²) in [7, 11) is 0. The maximum atomic E-state index is 12.6. The van der Waals surface area contributed by atoms with Crippen molar-refractivity contribution in [3.8, 4) is 17.2 Å². The van der Waals surface area contributed by atoms with Crippen molar-refractivity contribution in [2.75, 3.05) is 11.9 Å². The van der Waals surface area contributed by atoms with E-state index in [9.17, 15) is 14.7 Å². The van der Waals surface area contributed by atoms with Gasteiger partial charge in [0.05, 0.1) is 34.5 Å². The molecule has 0 aliphatic carbocycles. The number of carboxylic acid groups (broad SMARTS) is 1. The number of aromatic carboxylic acids is 1. The van der Waals surface area contributed by atoms with Gasteiger partial charge in [0.2, 0.25) is 5.89 Å². The number of anilines is 1. The van der Waals surface area contributed by atoms with Gasteiger partial charge in [-0.1, -0.05) is 41.4 Å². The zero-order valence-corrected chi connectivity index (χ0v) is 21.0. The van der Waals surface area contributed by atoms with E-state index in [4.69, 9.17) is 32.4 Å². The van der Waals surface area contributed by atoms with E-state index in [-0.39, 0.29) is 47.3 Å². The number of hydrogen-bond donors (Lipinski definition) is 1. The normalized spacial score (nSPS) is 10.4. The Morgan fingerprint density at radius 2 is 1.78 bits per heavy atom. The van der Waals surface area contributed by atoms with Gasteiger partial charge in [-0.3, -0.25) is 4.79 Å². The van der Waals surface area contributed by atoms with E-state index in [1.54, 1.807) is 6.07 Å². The van der Waals surface area contributed by atoms with Gasteiger partial charge >= 0.3 is 18.9 Å². The number of nitrogens with one attached hydrogen (secondary N) is 1. The Labute approximate surface area is 229 Å². The molecule has 178 valence electrons. The van der Waals surface area contributed by atoms with Crippen LogP contribution in [0.3, 0.4) is 0 Å². The molecule has 4 rings (SSSR count). The van der Waals surface area contributed by atoms with Gasteiger partial charge < -0.3 is 24.4 Å². The molecular weight excluding hydrogens is 498 g/mol. The van der Waals surface area contributed by atoms with Crippen LogP contribution in [0.25, 0.3) is 11.5 Å². The molecule has 3 aromatic carbocycles. The topological polar surface area (TPSA) is 104 Å². The first kappa shape index (κ1) is 27.4. The van der Waals surface area contributed by atoms with E-state index in [1.165, 1.54) is 30.3 Å². The van der Waals surface area contributed by atoms with Crippen LogP contribution in [0, 0.1) is 6.92 Å². The fourth-order valence-corrected chi connectivity index (χ4v) is 3.88. The van der Waals surface area contributed by atoms with Gasteiger partial charge in [0.25, 0.3) is 5.91 Å². The SMILES string of the molecule is Cc1oc(-c2ccccc2)nc1CCOc1ccc(NC(=O)c2ccc(Cl)cc2Cl)c(C(=O)[O-])c1.[Li+]. The first-order valence-electron chi connectivity index (χ1n) is 10.6. The molecule has 10 heteroatoms. The molecule has 0 saturated heterocycles. The summed E-state index contributed by atoms with van der Waals surface area (Å²) in [4.78, 5) is 28.8. The number of ether oxygens (including phenoxy) is 1. The maximum absolute atomic E-state index is 12.6. The van der Waals surface area contributed by atoms with E-state index in [1.807, 2.05) is 37.3 Å². The van der Waals surface area contributed by atoms with E-state index in [0.717, 1.165) is 11.3 Å². The largest absolute Gasteiger partial charge is 1.00 e. The Bertz CT molecular complexity index is 1390. The van der Waals surface area contributed by atoms with Crippen LogP contribution in [0.1, 0.15) is 32.2 Å². The number of oxazole rings is 1. The maximum Gasteiger partial charge on any atom is 1.00 e. The molecule has 0 spiro atoms. The minimum Gasteiger partial charge on any atom is -0.545 e. The van der Waals surface area contributed by atoms with Crippen molar-refractivity contribution in [3.63, 3.8) is 0 Å². The summed E-state index contributed by atoms with van der Waals surface area (Å²) in [5.74, 6) is -0.539. The predicted molar refractivity (Wildman–Crippen MR) is 131 cm³/mol. The van der Waals surface area contributed by atoms with Gasteiger partial charge in [0, 0.05) is 22.6 Å². The number of aromatic nitrogens is 1. The second-order valence-electron chi connectivity index (χ2n) is 7.56. The monoisotopic (exact) mass is 516 g/mol. The predicted octanol–water partition coefficient (Wildman–Crippen LogP) is 2.20. The van der Waals surface area contributed by atoms with Gasteiger partial charge in [-0.2, -0.15) is 0 Å². The molecule has 0 unspecified atom stereocenters. The number of carboxylic acids is 1. The third kappa shape index (κ3) is 6.51. The minimum absolute atomic E-state index is 0. The van der Waals surface area contributed by atoms with Crippen molar-refractivity contribution in [1.82, 2.24) is 4.98 Å². The van der Waals surface area contributed by atoms with Crippen molar-refractivity contribution in [3.05, 3.63) is 99.4 Å². The van der Waals surface area contributed by atoms with Crippen LogP contribution in [0.5, 0.6) is 5.75 Å². The summed E-state index contributed by atoms with van der Waals surface area (Å²) in [5.41, 5.74) is 1.59. The number of rotatable bonds is 8. The molecule has 1 aromatic heterocycles. The number of benzene rings is 3. The zero-order valence-electron chi connectivity index (χ0n) is 19.5. The Morgan fingerprint density at radius 3 is 2.47 bits per heavy atom. The Hall–Kier alpha value is -3.21. The summed E-state index contributed by atoms with van der Waals surface area (Å²) < 4.78 is 11.5. The zero-order chi connectivity index (χ0) is 24.9. The summed E-state index contributed by atoms with van der Waals surface area (Å²) >= 11 is 11.9. The quantitative estimate of drug-likeness (QED) is 0.360. The number of amides is 1. The molecule has 4 aromatic rings. The first-order chi connectivity index (χ1) is 16.8.